The summed E-state index contributed by atoms with van der Waals surface area (Å²) in [6.07, 6.45) is 1.27. The molecule has 8 heteroatoms. The molecule has 2 aromatic rings. The first-order chi connectivity index (χ1) is 13.9. The predicted octanol–water partition coefficient (Wildman–Crippen LogP) is 3.99. The van der Waals surface area contributed by atoms with Crippen molar-refractivity contribution in [1.82, 2.24) is 5.32 Å². The molecule has 1 N–H and O–H groups in total. The van der Waals surface area contributed by atoms with Gasteiger partial charge in [-0.15, -0.1) is 0 Å². The molecule has 1 atom stereocenters. The van der Waals surface area contributed by atoms with E-state index in [1.165, 1.54) is 17.9 Å². The zero-order valence-corrected chi connectivity index (χ0v) is 17.1. The van der Waals surface area contributed by atoms with E-state index in [1.54, 1.807) is 42.5 Å². The van der Waals surface area contributed by atoms with Gasteiger partial charge in [0.25, 0.3) is 0 Å². The average molecular weight is 461 g/mol. The van der Waals surface area contributed by atoms with Crippen LogP contribution in [0.1, 0.15) is 28.4 Å². The van der Waals surface area contributed by atoms with E-state index in [1.807, 2.05) is 0 Å². The van der Waals surface area contributed by atoms with Crippen molar-refractivity contribution in [3.05, 3.63) is 65.0 Å². The van der Waals surface area contributed by atoms with Gasteiger partial charge in [0.15, 0.2) is 0 Å². The maximum Gasteiger partial charge on any atom is 0.414 e. The van der Waals surface area contributed by atoms with Gasteiger partial charge in [0.2, 0.25) is 5.91 Å². The third-order valence-electron chi connectivity index (χ3n) is 4.33. The Morgan fingerprint density at radius 3 is 2.83 bits per heavy atom. The molecular weight excluding hydrogens is 443 g/mol. The summed E-state index contributed by atoms with van der Waals surface area (Å²) >= 11 is 3.41. The van der Waals surface area contributed by atoms with Gasteiger partial charge in [-0.2, -0.15) is 0 Å². The van der Waals surface area contributed by atoms with Gasteiger partial charge in [0, 0.05) is 22.5 Å². The molecule has 1 aliphatic heterocycles. The first kappa shape index (κ1) is 20.7. The summed E-state index contributed by atoms with van der Waals surface area (Å²) in [4.78, 5) is 35.3. The smallest absolute Gasteiger partial charge is 0.414 e. The van der Waals surface area contributed by atoms with E-state index >= 15 is 0 Å². The van der Waals surface area contributed by atoms with E-state index in [0.717, 1.165) is 11.8 Å². The fourth-order valence-electron chi connectivity index (χ4n) is 2.88. The van der Waals surface area contributed by atoms with Crippen LogP contribution in [0.25, 0.3) is 10.6 Å². The fraction of sp³-hybridized carbons (Fsp3) is 0.190. The second kappa shape index (κ2) is 9.00. The van der Waals surface area contributed by atoms with Crippen molar-refractivity contribution in [2.24, 2.45) is 0 Å². The van der Waals surface area contributed by atoms with Crippen LogP contribution >= 0.6 is 15.9 Å². The molecule has 0 aliphatic carbocycles. The second-order valence-electron chi connectivity index (χ2n) is 6.49. The molecule has 1 aliphatic rings. The molecule has 150 valence electrons. The van der Waals surface area contributed by atoms with Gasteiger partial charge < -0.3 is 10.1 Å². The van der Waals surface area contributed by atoms with E-state index in [9.17, 15) is 18.8 Å². The standard InChI is InChI=1S/C21H18BrFN2O4/c1-13(27)24-10-18-11-25(21(28)29-18)17-6-5-16(20(23)9-17)8-19(22)15-4-2-3-14(7-15)12-26/h2-9,12,18H,10-11H2,1H3,(H,24,27)/b19-8-/t18-/m0/s1. The van der Waals surface area contributed by atoms with Crippen molar-refractivity contribution in [3.63, 3.8) is 0 Å². The third-order valence-corrected chi connectivity index (χ3v) is 5.02. The summed E-state index contributed by atoms with van der Waals surface area (Å²) in [5, 5.41) is 2.59. The lowest BCUT2D eigenvalue weighted by molar-refractivity contribution is -0.119. The summed E-state index contributed by atoms with van der Waals surface area (Å²) in [5.41, 5.74) is 1.94. The summed E-state index contributed by atoms with van der Waals surface area (Å²) < 4.78 is 20.5. The molecule has 0 aromatic heterocycles. The number of rotatable bonds is 6. The Balaban J connectivity index is 1.77. The van der Waals surface area contributed by atoms with Crippen LogP contribution in [-0.2, 0) is 9.53 Å². The van der Waals surface area contributed by atoms with Crippen LogP contribution in [0.4, 0.5) is 14.9 Å². The first-order valence-electron chi connectivity index (χ1n) is 8.82. The molecule has 29 heavy (non-hydrogen) atoms. The number of halogens is 2. The number of benzene rings is 2. The number of aldehydes is 1. The highest BCUT2D eigenvalue weighted by molar-refractivity contribution is 9.15. The minimum absolute atomic E-state index is 0.202. The van der Waals surface area contributed by atoms with Gasteiger partial charge in [0.05, 0.1) is 18.8 Å². The predicted molar refractivity (Wildman–Crippen MR) is 111 cm³/mol. The normalized spacial score (nSPS) is 16.5. The van der Waals surface area contributed by atoms with E-state index in [-0.39, 0.29) is 19.0 Å². The summed E-state index contributed by atoms with van der Waals surface area (Å²) in [7, 11) is 0. The molecule has 0 spiro atoms. The molecular formula is C21H18BrFN2O4. The maximum atomic E-state index is 14.6. The number of ether oxygens (including phenoxy) is 1. The highest BCUT2D eigenvalue weighted by Crippen LogP contribution is 2.28. The number of carbonyl (C=O) groups is 3. The number of cyclic esters (lactones) is 1. The van der Waals surface area contributed by atoms with Gasteiger partial charge in [-0.1, -0.05) is 34.1 Å². The van der Waals surface area contributed by atoms with Crippen molar-refractivity contribution in [1.29, 1.82) is 0 Å². The largest absolute Gasteiger partial charge is 0.442 e. The number of amides is 2. The molecule has 2 aromatic carbocycles. The van der Waals surface area contributed by atoms with E-state index in [4.69, 9.17) is 4.74 Å². The van der Waals surface area contributed by atoms with Crippen LogP contribution in [0.5, 0.6) is 0 Å². The Labute approximate surface area is 175 Å². The average Bonchev–Trinajstić information content (AvgIpc) is 3.08. The highest BCUT2D eigenvalue weighted by Gasteiger charge is 2.32. The van der Waals surface area contributed by atoms with Crippen molar-refractivity contribution in [3.8, 4) is 0 Å². The van der Waals surface area contributed by atoms with Crippen LogP contribution in [0.2, 0.25) is 0 Å². The Morgan fingerprint density at radius 2 is 2.14 bits per heavy atom. The Kier molecular flexibility index (Phi) is 6.43. The minimum atomic E-state index is -0.588. The number of hydrogen-bond donors (Lipinski definition) is 1. The lowest BCUT2D eigenvalue weighted by Gasteiger charge is -2.14. The topological polar surface area (TPSA) is 75.7 Å². The molecule has 3 rings (SSSR count). The van der Waals surface area contributed by atoms with E-state index < -0.39 is 18.0 Å². The SMILES string of the molecule is CC(=O)NC[C@H]1CN(c2ccc(/C=C(\Br)c3cccc(C=O)c3)c(F)c2)C(=O)O1. The number of carbonyl (C=O) groups excluding carboxylic acids is 3. The van der Waals surface area contributed by atoms with Crippen molar-refractivity contribution in [2.75, 3.05) is 18.0 Å². The lowest BCUT2D eigenvalue weighted by Crippen LogP contribution is -2.33. The third kappa shape index (κ3) is 5.08. The second-order valence-corrected chi connectivity index (χ2v) is 7.35. The quantitative estimate of drug-likeness (QED) is 0.522. The lowest BCUT2D eigenvalue weighted by atomic mass is 10.1. The van der Waals surface area contributed by atoms with Crippen molar-refractivity contribution >= 4 is 50.5 Å². The van der Waals surface area contributed by atoms with Gasteiger partial charge >= 0.3 is 6.09 Å². The van der Waals surface area contributed by atoms with Gasteiger partial charge in [0.1, 0.15) is 18.2 Å². The zero-order chi connectivity index (χ0) is 21.0. The first-order valence-corrected chi connectivity index (χ1v) is 9.61. The zero-order valence-electron chi connectivity index (χ0n) is 15.5. The molecule has 0 saturated carbocycles. The van der Waals surface area contributed by atoms with Crippen LogP contribution in [0, 0.1) is 5.82 Å². The highest BCUT2D eigenvalue weighted by atomic mass is 79.9. The van der Waals surface area contributed by atoms with Gasteiger partial charge in [-0.05, 0) is 35.9 Å². The minimum Gasteiger partial charge on any atom is -0.442 e. The van der Waals surface area contributed by atoms with Crippen LogP contribution in [0.15, 0.2) is 42.5 Å². The Hall–Kier alpha value is -3.00. The van der Waals surface area contributed by atoms with Crippen LogP contribution in [0.3, 0.4) is 0 Å². The summed E-state index contributed by atoms with van der Waals surface area (Å²) in [6.45, 7) is 1.80. The Morgan fingerprint density at radius 1 is 1.34 bits per heavy atom. The molecule has 0 unspecified atom stereocenters. The van der Waals surface area contributed by atoms with Gasteiger partial charge in [-0.25, -0.2) is 9.18 Å². The molecule has 0 bridgehead atoms. The number of anilines is 1. The van der Waals surface area contributed by atoms with Crippen LogP contribution in [-0.4, -0.2) is 37.5 Å². The summed E-state index contributed by atoms with van der Waals surface area (Å²) in [6, 6.07) is 11.4. The van der Waals surface area contributed by atoms with Crippen molar-refractivity contribution in [2.45, 2.75) is 13.0 Å². The van der Waals surface area contributed by atoms with E-state index in [0.29, 0.717) is 21.3 Å². The molecule has 0 radical (unpaired) electrons. The number of nitrogens with zero attached hydrogens (tertiary/aromatic N) is 1. The number of hydrogen-bond acceptors (Lipinski definition) is 4. The molecule has 1 heterocycles. The molecule has 1 fully saturated rings. The van der Waals surface area contributed by atoms with E-state index in [2.05, 4.69) is 21.2 Å². The van der Waals surface area contributed by atoms with Crippen molar-refractivity contribution < 1.29 is 23.5 Å². The maximum absolute atomic E-state index is 14.6. The Bertz CT molecular complexity index is 992. The monoisotopic (exact) mass is 460 g/mol. The molecule has 6 nitrogen and oxygen atoms in total. The molecule has 1 saturated heterocycles. The summed E-state index contributed by atoms with van der Waals surface area (Å²) in [5.74, 6) is -0.727. The van der Waals surface area contributed by atoms with Crippen LogP contribution < -0.4 is 10.2 Å². The van der Waals surface area contributed by atoms with Gasteiger partial charge in [-0.3, -0.25) is 14.5 Å². The number of nitrogens with one attached hydrogen (secondary N) is 1. The molecule has 2 amide bonds. The fourth-order valence-corrected chi connectivity index (χ4v) is 3.37.